The predicted molar refractivity (Wildman–Crippen MR) is 446 cm³/mol. The number of hydrogen-bond acceptors (Lipinski definition) is 18. The van der Waals surface area contributed by atoms with Crippen LogP contribution < -0.4 is 23.5 Å². The van der Waals surface area contributed by atoms with Crippen molar-refractivity contribution in [1.29, 1.82) is 0 Å². The van der Waals surface area contributed by atoms with E-state index in [1.807, 2.05) is 135 Å². The Morgan fingerprint density at radius 3 is 1.37 bits per heavy atom. The molecule has 2 aliphatic heterocycles. The highest BCUT2D eigenvalue weighted by Crippen LogP contribution is 2.46. The summed E-state index contributed by atoms with van der Waals surface area (Å²) in [5.41, 5.74) is 29.1. The van der Waals surface area contributed by atoms with Crippen molar-refractivity contribution in [2.75, 3.05) is 23.9 Å². The third kappa shape index (κ3) is 11.9. The maximum absolute atomic E-state index is 6.33. The van der Waals surface area contributed by atoms with Crippen LogP contribution in [0.5, 0.6) is 0 Å². The van der Waals surface area contributed by atoms with E-state index in [0.29, 0.717) is 40.4 Å². The molecular formula is C92H86N13O9+3. The molecule has 0 radical (unpaired) electrons. The van der Waals surface area contributed by atoms with Crippen LogP contribution in [-0.2, 0) is 28.2 Å². The van der Waals surface area contributed by atoms with E-state index < -0.39 is 0 Å². The molecule has 17 heterocycles. The first-order chi connectivity index (χ1) is 54.9. The van der Waals surface area contributed by atoms with Gasteiger partial charge in [0.05, 0.1) is 54.7 Å². The normalized spacial score (nSPS) is 14.3. The standard InChI is InChI=1S/2C20H19N3O2.C18H18N3O.2C17H15N2O2/c1-11-5-7-14-17(16(11)23-10-9-22(4)13(23)3)24-19-15-8-6-12(2)21-20(15)25-18(14)19;1-11-9-15-17(10-16(11)23-8-7-22(4)13(23)3)24-18-14-6-5-12(2)21-20(14)25-19(15)18;1-11-8-9-13-16-18(19-12(2)21(16)4)22-17(13)15(11)14-7-5-6-10-20(14)3;1-10-7-8-12-15-17(20-11(2)18-15)21-16(12)14(10)13-6-4-5-9-19(13)3;1-10-7-8-12-15(21-17-16(12)20-11(2)18-17)14(10)13-6-4-5-9-19(13)3/h2*5-10,13H,1-4H3;5-10H,1-4H3;2*4-9H,1-3H3/q;;3*+1/t2*13-;;;/m00.../s1. The zero-order valence-electron chi connectivity index (χ0n) is 67.0. The minimum Gasteiger partial charge on any atom is -0.452 e. The molecule has 2 atom stereocenters. The van der Waals surface area contributed by atoms with Gasteiger partial charge in [0, 0.05) is 125 Å². The van der Waals surface area contributed by atoms with Crippen LogP contribution in [0.1, 0.15) is 70.7 Å². The fourth-order valence-electron chi connectivity index (χ4n) is 15.9. The van der Waals surface area contributed by atoms with Crippen molar-refractivity contribution in [3.63, 3.8) is 0 Å². The van der Waals surface area contributed by atoms with Gasteiger partial charge in [0.2, 0.25) is 39.8 Å². The Kier molecular flexibility index (Phi) is 17.4. The largest absolute Gasteiger partial charge is 0.452 e. The number of aromatic nitrogens is 9. The maximum Gasteiger partial charge on any atom is 0.319 e. The number of benzene rings is 5. The van der Waals surface area contributed by atoms with Crippen LogP contribution in [0.2, 0.25) is 0 Å². The summed E-state index contributed by atoms with van der Waals surface area (Å²) in [6.07, 6.45) is 15.0. The van der Waals surface area contributed by atoms with Crippen molar-refractivity contribution in [2.24, 2.45) is 28.2 Å². The van der Waals surface area contributed by atoms with Crippen molar-refractivity contribution in [1.82, 2.24) is 39.3 Å². The minimum atomic E-state index is 0.238. The topological polar surface area (TPSA) is 212 Å². The molecule has 22 rings (SSSR count). The van der Waals surface area contributed by atoms with E-state index in [1.165, 1.54) is 16.7 Å². The molecule has 2 aliphatic rings. The van der Waals surface area contributed by atoms with Gasteiger partial charge in [-0.25, -0.2) is 28.7 Å². The van der Waals surface area contributed by atoms with Crippen LogP contribution in [0.25, 0.3) is 167 Å². The van der Waals surface area contributed by atoms with Gasteiger partial charge >= 0.3 is 5.78 Å². The van der Waals surface area contributed by atoms with Crippen LogP contribution in [0, 0.1) is 69.2 Å². The van der Waals surface area contributed by atoms with Crippen molar-refractivity contribution in [3.05, 3.63) is 240 Å². The number of nitrogens with zero attached hydrogens (tertiary/aromatic N) is 13. The SMILES string of the molecule is Cc1ccc2c(n1)oc1c3cc(C)c(N4C=CN(C)[C@@H]4C)cc3oc21.Cc1ccc2c(n1)oc1c3ccc(C)c(N4C=CN(C)[C@@H]4C)c3oc21.Cc1ccc2c(oc3nc(C)n(C)c32)c1-c1cccc[n+]1C.Cc1nc2c(o1)oc1c(-c3cccc[n+]3C)c(C)ccc12.Cc1nc2oc3c(-c4cccc[n+]4C)c(C)ccc3c2o1. The molecule has 22 heteroatoms. The molecule has 0 saturated heterocycles. The molecule has 0 fully saturated rings. The molecule has 0 aliphatic carbocycles. The number of fused-ring (bicyclic) bond motifs is 19. The summed E-state index contributed by atoms with van der Waals surface area (Å²) in [7, 11) is 12.3. The summed E-state index contributed by atoms with van der Waals surface area (Å²) in [6.45, 7) is 24.4. The lowest BCUT2D eigenvalue weighted by atomic mass is 10.0. The van der Waals surface area contributed by atoms with Crippen LogP contribution in [0.4, 0.5) is 11.4 Å². The van der Waals surface area contributed by atoms with Crippen LogP contribution in [-0.4, -0.2) is 65.7 Å². The van der Waals surface area contributed by atoms with Gasteiger partial charge in [-0.2, -0.15) is 9.97 Å². The third-order valence-corrected chi connectivity index (χ3v) is 22.4. The Balaban J connectivity index is 0.0000000993. The predicted octanol–water partition coefficient (Wildman–Crippen LogP) is 20.6. The zero-order valence-corrected chi connectivity index (χ0v) is 67.0. The molecule has 5 aromatic carbocycles. The number of oxazole rings is 2. The second-order valence-electron chi connectivity index (χ2n) is 30.0. The first-order valence-corrected chi connectivity index (χ1v) is 38.1. The second-order valence-corrected chi connectivity index (χ2v) is 30.0. The Morgan fingerprint density at radius 2 is 0.807 bits per heavy atom. The van der Waals surface area contributed by atoms with Gasteiger partial charge in [0.15, 0.2) is 80.6 Å². The fourth-order valence-corrected chi connectivity index (χ4v) is 15.9. The number of hydrogen-bond donors (Lipinski definition) is 0. The summed E-state index contributed by atoms with van der Waals surface area (Å²) < 4.78 is 62.2. The fraction of sp³-hybridized carbons (Fsp3) is 0.217. The number of pyridine rings is 5. The average molecular weight is 1520 g/mol. The first-order valence-electron chi connectivity index (χ1n) is 38.1. The highest BCUT2D eigenvalue weighted by molar-refractivity contribution is 6.16. The van der Waals surface area contributed by atoms with Crippen molar-refractivity contribution in [3.8, 4) is 33.8 Å². The molecule has 22 nitrogen and oxygen atoms in total. The second kappa shape index (κ2) is 27.6. The van der Waals surface area contributed by atoms with E-state index in [1.54, 1.807) is 0 Å². The number of imidazole rings is 1. The average Bonchev–Trinajstić information content (AvgIpc) is 1.58. The van der Waals surface area contributed by atoms with Gasteiger partial charge in [-0.15, -0.1) is 0 Å². The van der Waals surface area contributed by atoms with Gasteiger partial charge in [-0.1, -0.05) is 24.3 Å². The van der Waals surface area contributed by atoms with Crippen LogP contribution in [0.3, 0.4) is 0 Å². The van der Waals surface area contributed by atoms with E-state index in [2.05, 4.69) is 236 Å². The Bertz CT molecular complexity index is 7160. The third-order valence-electron chi connectivity index (χ3n) is 22.4. The number of rotatable bonds is 5. The quantitative estimate of drug-likeness (QED) is 0.147. The molecule has 20 aromatic rings. The smallest absolute Gasteiger partial charge is 0.319 e. The van der Waals surface area contributed by atoms with Crippen molar-refractivity contribution in [2.45, 2.75) is 95.4 Å². The summed E-state index contributed by atoms with van der Waals surface area (Å²) >= 11 is 0. The van der Waals surface area contributed by atoms with E-state index in [0.717, 1.165) is 178 Å². The monoisotopic (exact) mass is 1520 g/mol. The van der Waals surface area contributed by atoms with Crippen molar-refractivity contribution < 1.29 is 53.5 Å². The molecule has 114 heavy (non-hydrogen) atoms. The minimum absolute atomic E-state index is 0.238. The van der Waals surface area contributed by atoms with Gasteiger partial charge in [-0.3, -0.25) is 0 Å². The summed E-state index contributed by atoms with van der Waals surface area (Å²) in [6, 6.07) is 47.5. The highest BCUT2D eigenvalue weighted by atomic mass is 16.5. The van der Waals surface area contributed by atoms with Crippen LogP contribution >= 0.6 is 0 Å². The zero-order chi connectivity index (χ0) is 79.1. The maximum atomic E-state index is 6.33. The molecule has 0 saturated carbocycles. The molecule has 0 amide bonds. The molecule has 0 unspecified atom stereocenters. The molecule has 15 aromatic heterocycles. The van der Waals surface area contributed by atoms with Gasteiger partial charge in [0.1, 0.15) is 50.4 Å². The van der Waals surface area contributed by atoms with E-state index >= 15 is 0 Å². The lowest BCUT2D eigenvalue weighted by Crippen LogP contribution is -2.33. The van der Waals surface area contributed by atoms with Gasteiger partial charge in [-0.05, 0) is 170 Å². The summed E-state index contributed by atoms with van der Waals surface area (Å²) in [5.74, 6) is 2.70. The molecule has 0 N–H and O–H groups in total. The number of anilines is 2. The molecule has 570 valence electrons. The first kappa shape index (κ1) is 71.8. The van der Waals surface area contributed by atoms with Crippen molar-refractivity contribution >= 4 is 145 Å². The van der Waals surface area contributed by atoms with E-state index in [-0.39, 0.29) is 12.3 Å². The summed E-state index contributed by atoms with van der Waals surface area (Å²) in [5, 5.41) is 6.90. The highest BCUT2D eigenvalue weighted by Gasteiger charge is 2.31. The van der Waals surface area contributed by atoms with Gasteiger partial charge < -0.3 is 63.9 Å². The van der Waals surface area contributed by atoms with E-state index in [4.69, 9.17) is 39.8 Å². The summed E-state index contributed by atoms with van der Waals surface area (Å²) in [4.78, 5) is 31.0. The number of furan rings is 7. The Labute approximate surface area is 654 Å². The van der Waals surface area contributed by atoms with Gasteiger partial charge in [0.25, 0.3) is 5.71 Å². The van der Waals surface area contributed by atoms with Crippen LogP contribution in [0.15, 0.2) is 223 Å². The Morgan fingerprint density at radius 1 is 0.342 bits per heavy atom. The lowest BCUT2D eigenvalue weighted by molar-refractivity contribution is -0.660. The molecule has 0 bridgehead atoms. The number of aryl methyl sites for hydroxylation is 14. The van der Waals surface area contributed by atoms with E-state index in [9.17, 15) is 0 Å². The molecular weight excluding hydrogens is 1430 g/mol. The lowest BCUT2D eigenvalue weighted by Gasteiger charge is -2.28. The Hall–Kier alpha value is -13.8. The molecule has 0 spiro atoms.